The molecule has 1 aliphatic rings. The monoisotopic (exact) mass is 171 g/mol. The molecule has 1 atom stereocenters. The molecule has 0 aromatic rings. The number of rotatable bonds is 4. The van der Waals surface area contributed by atoms with Gasteiger partial charge >= 0.3 is 0 Å². The molecule has 0 saturated heterocycles. The molecular weight excluding hydrogens is 150 g/mol. The molecule has 0 aliphatic heterocycles. The first-order chi connectivity index (χ1) is 5.64. The largest absolute Gasteiger partial charge is 0.393 e. The lowest BCUT2D eigenvalue weighted by Crippen LogP contribution is -2.50. The molecule has 2 nitrogen and oxygen atoms in total. The second-order valence-electron chi connectivity index (χ2n) is 4.32. The molecule has 0 aromatic carbocycles. The van der Waals surface area contributed by atoms with E-state index in [0.717, 1.165) is 19.4 Å². The van der Waals surface area contributed by atoms with Gasteiger partial charge in [-0.05, 0) is 30.7 Å². The highest BCUT2D eigenvalue weighted by atomic mass is 16.3. The lowest BCUT2D eigenvalue weighted by Gasteiger charge is -2.49. The molecule has 72 valence electrons. The minimum Gasteiger partial charge on any atom is -0.393 e. The second kappa shape index (κ2) is 3.75. The van der Waals surface area contributed by atoms with Crippen molar-refractivity contribution in [2.75, 3.05) is 6.54 Å². The average Bonchev–Trinajstić information content (AvgIpc) is 1.98. The number of aliphatic hydroxyl groups excluding tert-OH is 1. The van der Waals surface area contributed by atoms with Gasteiger partial charge in [0.05, 0.1) is 6.10 Å². The highest BCUT2D eigenvalue weighted by Crippen LogP contribution is 2.47. The van der Waals surface area contributed by atoms with Crippen molar-refractivity contribution in [2.24, 2.45) is 17.1 Å². The van der Waals surface area contributed by atoms with Crippen LogP contribution >= 0.6 is 0 Å². The van der Waals surface area contributed by atoms with Gasteiger partial charge in [0.25, 0.3) is 0 Å². The van der Waals surface area contributed by atoms with Gasteiger partial charge in [-0.3, -0.25) is 0 Å². The third-order valence-corrected chi connectivity index (χ3v) is 3.46. The zero-order valence-corrected chi connectivity index (χ0v) is 8.21. The second-order valence-corrected chi connectivity index (χ2v) is 4.32. The maximum absolute atomic E-state index is 9.28. The van der Waals surface area contributed by atoms with Crippen molar-refractivity contribution in [1.82, 2.24) is 0 Å². The van der Waals surface area contributed by atoms with E-state index in [4.69, 9.17) is 5.73 Å². The van der Waals surface area contributed by atoms with Crippen molar-refractivity contribution in [1.29, 1.82) is 0 Å². The van der Waals surface area contributed by atoms with Crippen LogP contribution in [-0.2, 0) is 0 Å². The molecule has 1 saturated carbocycles. The van der Waals surface area contributed by atoms with Crippen LogP contribution in [0.4, 0.5) is 0 Å². The minimum atomic E-state index is -0.0761. The fraction of sp³-hybridized carbons (Fsp3) is 1.00. The van der Waals surface area contributed by atoms with Gasteiger partial charge in [-0.1, -0.05) is 26.7 Å². The summed E-state index contributed by atoms with van der Waals surface area (Å²) in [6.45, 7) is 5.21. The normalized spacial score (nSPS) is 37.5. The molecule has 0 heterocycles. The van der Waals surface area contributed by atoms with E-state index in [0.29, 0.717) is 5.92 Å². The molecular formula is C10H21NO. The van der Waals surface area contributed by atoms with Gasteiger partial charge in [-0.2, -0.15) is 0 Å². The Morgan fingerprint density at radius 2 is 2.17 bits per heavy atom. The Morgan fingerprint density at radius 3 is 2.50 bits per heavy atom. The fourth-order valence-corrected chi connectivity index (χ4v) is 2.39. The lowest BCUT2D eigenvalue weighted by atomic mass is 9.59. The summed E-state index contributed by atoms with van der Waals surface area (Å²) in [5, 5.41) is 9.28. The van der Waals surface area contributed by atoms with E-state index in [2.05, 4.69) is 13.8 Å². The van der Waals surface area contributed by atoms with E-state index in [1.54, 1.807) is 0 Å². The highest BCUT2D eigenvalue weighted by molar-refractivity contribution is 4.97. The summed E-state index contributed by atoms with van der Waals surface area (Å²) in [6.07, 6.45) is 4.23. The standard InChI is InChI=1S/C10H21NO/c1-3-4-8(2)10(7-11)5-9(12)6-10/h8-9,12H,3-7,11H2,1-2H3. The summed E-state index contributed by atoms with van der Waals surface area (Å²) in [7, 11) is 0. The smallest absolute Gasteiger partial charge is 0.0552 e. The Morgan fingerprint density at radius 1 is 1.58 bits per heavy atom. The number of nitrogens with two attached hydrogens (primary N) is 1. The number of hydrogen-bond donors (Lipinski definition) is 2. The Kier molecular flexibility index (Phi) is 3.13. The molecule has 0 amide bonds. The number of aliphatic hydroxyl groups is 1. The van der Waals surface area contributed by atoms with Crippen LogP contribution in [-0.4, -0.2) is 17.8 Å². The third kappa shape index (κ3) is 1.64. The van der Waals surface area contributed by atoms with Crippen LogP contribution in [0.3, 0.4) is 0 Å². The van der Waals surface area contributed by atoms with Gasteiger partial charge in [0, 0.05) is 0 Å². The van der Waals surface area contributed by atoms with E-state index in [-0.39, 0.29) is 11.5 Å². The van der Waals surface area contributed by atoms with Crippen LogP contribution in [0.2, 0.25) is 0 Å². The molecule has 0 aromatic heterocycles. The summed E-state index contributed by atoms with van der Waals surface area (Å²) >= 11 is 0. The van der Waals surface area contributed by atoms with Crippen molar-refractivity contribution in [3.63, 3.8) is 0 Å². The summed E-state index contributed by atoms with van der Waals surface area (Å²) in [5.41, 5.74) is 6.02. The van der Waals surface area contributed by atoms with Gasteiger partial charge in [-0.15, -0.1) is 0 Å². The van der Waals surface area contributed by atoms with E-state index >= 15 is 0 Å². The zero-order valence-electron chi connectivity index (χ0n) is 8.21. The third-order valence-electron chi connectivity index (χ3n) is 3.46. The molecule has 1 unspecified atom stereocenters. The van der Waals surface area contributed by atoms with Crippen LogP contribution in [0.5, 0.6) is 0 Å². The van der Waals surface area contributed by atoms with Crippen LogP contribution in [0.15, 0.2) is 0 Å². The van der Waals surface area contributed by atoms with E-state index in [9.17, 15) is 5.11 Å². The van der Waals surface area contributed by atoms with Gasteiger partial charge in [0.2, 0.25) is 0 Å². The van der Waals surface area contributed by atoms with Crippen LogP contribution in [0.1, 0.15) is 39.5 Å². The van der Waals surface area contributed by atoms with Crippen molar-refractivity contribution in [3.8, 4) is 0 Å². The Balaban J connectivity index is 2.45. The molecule has 0 radical (unpaired) electrons. The van der Waals surface area contributed by atoms with E-state index < -0.39 is 0 Å². The summed E-state index contributed by atoms with van der Waals surface area (Å²) in [6, 6.07) is 0. The fourth-order valence-electron chi connectivity index (χ4n) is 2.39. The summed E-state index contributed by atoms with van der Waals surface area (Å²) in [4.78, 5) is 0. The first-order valence-corrected chi connectivity index (χ1v) is 5.02. The SMILES string of the molecule is CCCC(C)C1(CN)CC(O)C1. The first kappa shape index (κ1) is 10.0. The molecule has 1 aliphatic carbocycles. The topological polar surface area (TPSA) is 46.2 Å². The maximum atomic E-state index is 9.28. The Bertz CT molecular complexity index is 141. The number of hydrogen-bond acceptors (Lipinski definition) is 2. The molecule has 1 fully saturated rings. The predicted molar refractivity (Wildman–Crippen MR) is 50.8 cm³/mol. The van der Waals surface area contributed by atoms with Crippen LogP contribution < -0.4 is 5.73 Å². The molecule has 0 bridgehead atoms. The van der Waals surface area contributed by atoms with Crippen molar-refractivity contribution in [3.05, 3.63) is 0 Å². The summed E-state index contributed by atoms with van der Waals surface area (Å²) in [5.74, 6) is 0.677. The van der Waals surface area contributed by atoms with Crippen molar-refractivity contribution in [2.45, 2.75) is 45.6 Å². The molecule has 0 spiro atoms. The lowest BCUT2D eigenvalue weighted by molar-refractivity contribution is -0.0616. The van der Waals surface area contributed by atoms with Gasteiger partial charge in [-0.25, -0.2) is 0 Å². The summed E-state index contributed by atoms with van der Waals surface area (Å²) < 4.78 is 0. The van der Waals surface area contributed by atoms with Gasteiger partial charge in [0.1, 0.15) is 0 Å². The molecule has 3 N–H and O–H groups in total. The van der Waals surface area contributed by atoms with E-state index in [1.807, 2.05) is 0 Å². The van der Waals surface area contributed by atoms with E-state index in [1.165, 1.54) is 12.8 Å². The highest BCUT2D eigenvalue weighted by Gasteiger charge is 2.45. The predicted octanol–water partition coefficient (Wildman–Crippen LogP) is 1.52. The minimum absolute atomic E-state index is 0.0761. The quantitative estimate of drug-likeness (QED) is 0.673. The Hall–Kier alpha value is -0.0800. The average molecular weight is 171 g/mol. The van der Waals surface area contributed by atoms with Gasteiger partial charge < -0.3 is 10.8 Å². The van der Waals surface area contributed by atoms with Crippen molar-refractivity contribution >= 4 is 0 Å². The molecule has 2 heteroatoms. The van der Waals surface area contributed by atoms with Crippen LogP contribution in [0.25, 0.3) is 0 Å². The van der Waals surface area contributed by atoms with Crippen LogP contribution in [0, 0.1) is 11.3 Å². The van der Waals surface area contributed by atoms with Crippen molar-refractivity contribution < 1.29 is 5.11 Å². The maximum Gasteiger partial charge on any atom is 0.0552 e. The molecule has 1 rings (SSSR count). The zero-order chi connectivity index (χ0) is 9.19. The molecule has 12 heavy (non-hydrogen) atoms. The van der Waals surface area contributed by atoms with Gasteiger partial charge in [0.15, 0.2) is 0 Å². The first-order valence-electron chi connectivity index (χ1n) is 5.02. The Labute approximate surface area is 75.2 Å².